The topological polar surface area (TPSA) is 73.0 Å². The Hall–Kier alpha value is -4.13. The minimum absolute atomic E-state index is 0.664. The number of aromatic amines is 1. The molecule has 0 bridgehead atoms. The second-order valence-electron chi connectivity index (χ2n) is 8.08. The van der Waals surface area contributed by atoms with Gasteiger partial charge in [-0.1, -0.05) is 54.6 Å². The Bertz CT molecular complexity index is 1210. The molecule has 0 saturated carbocycles. The highest BCUT2D eigenvalue weighted by atomic mass is 15.3. The van der Waals surface area contributed by atoms with Crippen LogP contribution >= 0.6 is 0 Å². The first-order chi connectivity index (χ1) is 16.2. The zero-order chi connectivity index (χ0) is 22.5. The van der Waals surface area contributed by atoms with E-state index >= 15 is 0 Å². The number of para-hydroxylation sites is 1. The van der Waals surface area contributed by atoms with E-state index in [1.807, 2.05) is 49.4 Å². The molecule has 2 aromatic carbocycles. The standard InChI is InChI=1S/C26H27N7/c1-20-18-25(31-30-20)28-24-19-26(29-23(27-24)13-12-21-8-4-2-5-9-21)33-16-14-32(15-17-33)22-10-6-3-7-11-22/h2-13,18-19H,14-17H2,1H3,(H2,27,28,29,30,31). The Morgan fingerprint density at radius 1 is 0.788 bits per heavy atom. The van der Waals surface area contributed by atoms with Crippen LogP contribution in [0.2, 0.25) is 0 Å². The molecule has 5 rings (SSSR count). The van der Waals surface area contributed by atoms with Gasteiger partial charge in [-0.25, -0.2) is 9.97 Å². The molecule has 1 saturated heterocycles. The number of aryl methyl sites for hydroxylation is 1. The Kier molecular flexibility index (Phi) is 6.01. The molecular formula is C26H27N7. The predicted octanol–water partition coefficient (Wildman–Crippen LogP) is 4.75. The second kappa shape index (κ2) is 9.56. The van der Waals surface area contributed by atoms with Crippen molar-refractivity contribution in [1.29, 1.82) is 0 Å². The summed E-state index contributed by atoms with van der Waals surface area (Å²) in [7, 11) is 0. The van der Waals surface area contributed by atoms with E-state index in [1.165, 1.54) is 5.69 Å². The molecule has 0 atom stereocenters. The Balaban J connectivity index is 1.38. The van der Waals surface area contributed by atoms with Gasteiger partial charge >= 0.3 is 0 Å². The Labute approximate surface area is 193 Å². The van der Waals surface area contributed by atoms with Gasteiger partial charge in [-0.15, -0.1) is 0 Å². The Morgan fingerprint density at radius 2 is 1.48 bits per heavy atom. The number of rotatable bonds is 6. The molecule has 0 amide bonds. The summed E-state index contributed by atoms with van der Waals surface area (Å²) < 4.78 is 0. The number of anilines is 4. The number of aromatic nitrogens is 4. The van der Waals surface area contributed by atoms with Crippen molar-refractivity contribution < 1.29 is 0 Å². The summed E-state index contributed by atoms with van der Waals surface area (Å²) in [6.07, 6.45) is 3.99. The summed E-state index contributed by atoms with van der Waals surface area (Å²) in [6.45, 7) is 5.67. The zero-order valence-electron chi connectivity index (χ0n) is 18.6. The van der Waals surface area contributed by atoms with Gasteiger partial charge < -0.3 is 15.1 Å². The molecule has 7 heteroatoms. The van der Waals surface area contributed by atoms with Crippen molar-refractivity contribution in [2.24, 2.45) is 0 Å². The van der Waals surface area contributed by atoms with E-state index in [2.05, 4.69) is 67.8 Å². The third-order valence-corrected chi connectivity index (χ3v) is 5.64. The van der Waals surface area contributed by atoms with E-state index in [0.29, 0.717) is 5.82 Å². The van der Waals surface area contributed by atoms with Crippen molar-refractivity contribution in [2.45, 2.75) is 6.92 Å². The maximum Gasteiger partial charge on any atom is 0.156 e. The van der Waals surface area contributed by atoms with Gasteiger partial charge in [-0.3, -0.25) is 5.10 Å². The first kappa shape index (κ1) is 20.8. The fraction of sp³-hybridized carbons (Fsp3) is 0.192. The molecule has 0 aliphatic carbocycles. The molecule has 1 aliphatic rings. The third-order valence-electron chi connectivity index (χ3n) is 5.64. The molecule has 0 radical (unpaired) electrons. The van der Waals surface area contributed by atoms with Crippen LogP contribution in [0.3, 0.4) is 0 Å². The van der Waals surface area contributed by atoms with Gasteiger partial charge in [0.05, 0.1) is 0 Å². The van der Waals surface area contributed by atoms with Gasteiger partial charge in [0.25, 0.3) is 0 Å². The van der Waals surface area contributed by atoms with Crippen LogP contribution < -0.4 is 15.1 Å². The SMILES string of the molecule is Cc1cc(Nc2cc(N3CCN(c4ccccc4)CC3)nc(C=Cc3ccccc3)n2)n[nH]1. The summed E-state index contributed by atoms with van der Waals surface area (Å²) >= 11 is 0. The number of piperazine rings is 1. The van der Waals surface area contributed by atoms with Crippen LogP contribution in [-0.4, -0.2) is 46.3 Å². The molecule has 2 N–H and O–H groups in total. The van der Waals surface area contributed by atoms with Gasteiger partial charge in [0.2, 0.25) is 0 Å². The molecule has 7 nitrogen and oxygen atoms in total. The lowest BCUT2D eigenvalue weighted by atomic mass is 10.2. The number of nitrogens with one attached hydrogen (secondary N) is 2. The fourth-order valence-corrected chi connectivity index (χ4v) is 3.93. The van der Waals surface area contributed by atoms with Crippen molar-refractivity contribution in [1.82, 2.24) is 20.2 Å². The number of H-pyrrole nitrogens is 1. The van der Waals surface area contributed by atoms with E-state index in [9.17, 15) is 0 Å². The lowest BCUT2D eigenvalue weighted by Gasteiger charge is -2.36. The van der Waals surface area contributed by atoms with Gasteiger partial charge in [0.1, 0.15) is 11.6 Å². The van der Waals surface area contributed by atoms with Crippen molar-refractivity contribution in [3.8, 4) is 0 Å². The van der Waals surface area contributed by atoms with E-state index in [4.69, 9.17) is 9.97 Å². The molecule has 166 valence electrons. The highest BCUT2D eigenvalue weighted by Gasteiger charge is 2.19. The number of benzene rings is 2. The number of nitrogens with zero attached hydrogens (tertiary/aromatic N) is 5. The van der Waals surface area contributed by atoms with Gasteiger partial charge in [0.15, 0.2) is 11.6 Å². The molecule has 1 aliphatic heterocycles. The van der Waals surface area contributed by atoms with Crippen LogP contribution in [0.15, 0.2) is 72.8 Å². The van der Waals surface area contributed by atoms with Gasteiger partial charge in [-0.2, -0.15) is 5.10 Å². The third kappa shape index (κ3) is 5.20. The molecule has 3 heterocycles. The van der Waals surface area contributed by atoms with Crippen molar-refractivity contribution in [3.05, 3.63) is 89.9 Å². The van der Waals surface area contributed by atoms with E-state index in [0.717, 1.165) is 54.9 Å². The molecule has 33 heavy (non-hydrogen) atoms. The molecule has 0 spiro atoms. The van der Waals surface area contributed by atoms with Crippen LogP contribution in [0, 0.1) is 6.92 Å². The summed E-state index contributed by atoms with van der Waals surface area (Å²) in [4.78, 5) is 14.3. The van der Waals surface area contributed by atoms with Gasteiger partial charge in [0, 0.05) is 49.7 Å². The minimum Gasteiger partial charge on any atom is -0.368 e. The number of hydrogen-bond donors (Lipinski definition) is 2. The van der Waals surface area contributed by atoms with Crippen LogP contribution in [0.5, 0.6) is 0 Å². The summed E-state index contributed by atoms with van der Waals surface area (Å²) in [5.74, 6) is 3.05. The highest BCUT2D eigenvalue weighted by Crippen LogP contribution is 2.23. The summed E-state index contributed by atoms with van der Waals surface area (Å²) in [5, 5.41) is 10.6. The molecule has 4 aromatic rings. The van der Waals surface area contributed by atoms with E-state index in [-0.39, 0.29) is 0 Å². The lowest BCUT2D eigenvalue weighted by Crippen LogP contribution is -2.46. The molecule has 2 aromatic heterocycles. The lowest BCUT2D eigenvalue weighted by molar-refractivity contribution is 0.646. The summed E-state index contributed by atoms with van der Waals surface area (Å²) in [5.41, 5.74) is 3.37. The largest absolute Gasteiger partial charge is 0.368 e. The average molecular weight is 438 g/mol. The predicted molar refractivity (Wildman–Crippen MR) is 135 cm³/mol. The highest BCUT2D eigenvalue weighted by molar-refractivity contribution is 5.69. The number of hydrogen-bond acceptors (Lipinski definition) is 6. The monoisotopic (exact) mass is 437 g/mol. The minimum atomic E-state index is 0.664. The van der Waals surface area contributed by atoms with E-state index in [1.54, 1.807) is 0 Å². The maximum atomic E-state index is 4.86. The van der Waals surface area contributed by atoms with Crippen molar-refractivity contribution in [3.63, 3.8) is 0 Å². The van der Waals surface area contributed by atoms with Crippen LogP contribution in [0.4, 0.5) is 23.1 Å². The van der Waals surface area contributed by atoms with Gasteiger partial charge in [-0.05, 0) is 30.7 Å². The molecular weight excluding hydrogens is 410 g/mol. The quantitative estimate of drug-likeness (QED) is 0.454. The first-order valence-corrected chi connectivity index (χ1v) is 11.2. The molecule has 1 fully saturated rings. The zero-order valence-corrected chi connectivity index (χ0v) is 18.6. The maximum absolute atomic E-state index is 4.86. The average Bonchev–Trinajstić information content (AvgIpc) is 3.28. The van der Waals surface area contributed by atoms with Crippen LogP contribution in [-0.2, 0) is 0 Å². The smallest absolute Gasteiger partial charge is 0.156 e. The normalized spacial score (nSPS) is 14.1. The second-order valence-corrected chi connectivity index (χ2v) is 8.08. The fourth-order valence-electron chi connectivity index (χ4n) is 3.93. The van der Waals surface area contributed by atoms with Crippen LogP contribution in [0.25, 0.3) is 12.2 Å². The molecule has 0 unspecified atom stereocenters. The van der Waals surface area contributed by atoms with Crippen molar-refractivity contribution in [2.75, 3.05) is 41.3 Å². The van der Waals surface area contributed by atoms with Crippen molar-refractivity contribution >= 4 is 35.3 Å². The first-order valence-electron chi connectivity index (χ1n) is 11.2. The Morgan fingerprint density at radius 3 is 2.18 bits per heavy atom. The van der Waals surface area contributed by atoms with E-state index < -0.39 is 0 Å². The van der Waals surface area contributed by atoms with Crippen LogP contribution in [0.1, 0.15) is 17.1 Å². The summed E-state index contributed by atoms with van der Waals surface area (Å²) in [6, 6.07) is 24.7.